The molecule has 1 aliphatic rings. The molecular formula is C23H27ClFN5O. The number of carbonyl (C=O) groups is 1. The first-order valence-corrected chi connectivity index (χ1v) is 10.9. The molecule has 0 atom stereocenters. The number of fused-ring (bicyclic) bond motifs is 1. The van der Waals surface area contributed by atoms with Gasteiger partial charge in [-0.3, -0.25) is 4.79 Å². The van der Waals surface area contributed by atoms with Crippen molar-refractivity contribution in [2.75, 3.05) is 45.2 Å². The van der Waals surface area contributed by atoms with E-state index in [0.717, 1.165) is 43.7 Å². The molecule has 2 aromatic carbocycles. The number of rotatable bonds is 6. The van der Waals surface area contributed by atoms with E-state index in [2.05, 4.69) is 25.1 Å². The molecule has 3 aromatic rings. The number of anilines is 1. The van der Waals surface area contributed by atoms with Gasteiger partial charge in [0.15, 0.2) is 0 Å². The van der Waals surface area contributed by atoms with E-state index in [1.807, 2.05) is 32.3 Å². The van der Waals surface area contributed by atoms with Crippen LogP contribution in [0.2, 0.25) is 5.02 Å². The second kappa shape index (κ2) is 9.24. The van der Waals surface area contributed by atoms with Crippen LogP contribution in [0.4, 0.5) is 10.1 Å². The maximum atomic E-state index is 13.5. The van der Waals surface area contributed by atoms with Crippen molar-refractivity contribution in [3.8, 4) is 11.4 Å². The van der Waals surface area contributed by atoms with Crippen LogP contribution in [-0.2, 0) is 4.79 Å². The molecule has 1 saturated heterocycles. The van der Waals surface area contributed by atoms with Gasteiger partial charge in [0.05, 0.1) is 16.1 Å². The van der Waals surface area contributed by atoms with Crippen LogP contribution in [0.3, 0.4) is 0 Å². The van der Waals surface area contributed by atoms with E-state index >= 15 is 0 Å². The number of amides is 1. The van der Waals surface area contributed by atoms with Gasteiger partial charge in [-0.1, -0.05) is 11.6 Å². The first-order valence-electron chi connectivity index (χ1n) is 10.5. The van der Waals surface area contributed by atoms with Crippen molar-refractivity contribution in [2.45, 2.75) is 12.8 Å². The van der Waals surface area contributed by atoms with Crippen molar-refractivity contribution < 1.29 is 9.18 Å². The van der Waals surface area contributed by atoms with Crippen molar-refractivity contribution in [2.24, 2.45) is 5.92 Å². The summed E-state index contributed by atoms with van der Waals surface area (Å²) >= 11 is 6.45. The quantitative estimate of drug-likeness (QED) is 0.606. The Kier molecular flexibility index (Phi) is 6.43. The topological polar surface area (TPSA) is 64.3 Å². The number of carbonyl (C=O) groups excluding carboxylic acids is 1. The van der Waals surface area contributed by atoms with Gasteiger partial charge in [-0.05, 0) is 63.3 Å². The highest BCUT2D eigenvalue weighted by atomic mass is 35.5. The number of H-pyrrole nitrogens is 1. The second-order valence-electron chi connectivity index (χ2n) is 8.27. The zero-order valence-corrected chi connectivity index (χ0v) is 18.5. The molecule has 1 aliphatic heterocycles. The monoisotopic (exact) mass is 443 g/mol. The number of aromatic nitrogens is 2. The van der Waals surface area contributed by atoms with Crippen molar-refractivity contribution in [1.82, 2.24) is 20.2 Å². The minimum atomic E-state index is -0.309. The first kappa shape index (κ1) is 21.6. The Morgan fingerprint density at radius 1 is 1.26 bits per heavy atom. The van der Waals surface area contributed by atoms with Crippen LogP contribution in [0.1, 0.15) is 12.8 Å². The molecule has 0 unspecified atom stereocenters. The van der Waals surface area contributed by atoms with Gasteiger partial charge in [0.25, 0.3) is 0 Å². The highest BCUT2D eigenvalue weighted by Gasteiger charge is 2.25. The summed E-state index contributed by atoms with van der Waals surface area (Å²) in [4.78, 5) is 24.5. The smallest absolute Gasteiger partial charge is 0.223 e. The van der Waals surface area contributed by atoms with E-state index in [1.165, 1.54) is 12.1 Å². The minimum Gasteiger partial charge on any atom is -0.371 e. The molecule has 2 N–H and O–H groups in total. The van der Waals surface area contributed by atoms with E-state index in [-0.39, 0.29) is 17.6 Å². The van der Waals surface area contributed by atoms with E-state index in [9.17, 15) is 9.18 Å². The molecule has 0 aliphatic carbocycles. The number of likely N-dealkylation sites (N-methyl/N-ethyl adjacent to an activating group) is 1. The number of halogens is 2. The summed E-state index contributed by atoms with van der Waals surface area (Å²) in [6, 6.07) is 10.3. The highest BCUT2D eigenvalue weighted by molar-refractivity contribution is 6.33. The van der Waals surface area contributed by atoms with Crippen LogP contribution in [-0.4, -0.2) is 61.0 Å². The molecule has 0 bridgehead atoms. The lowest BCUT2D eigenvalue weighted by molar-refractivity contribution is -0.125. The summed E-state index contributed by atoms with van der Waals surface area (Å²) in [7, 11) is 3.99. The summed E-state index contributed by atoms with van der Waals surface area (Å²) < 4.78 is 13.5. The lowest BCUT2D eigenvalue weighted by Gasteiger charge is -2.33. The maximum Gasteiger partial charge on any atom is 0.223 e. The third kappa shape index (κ3) is 4.99. The molecule has 4 rings (SSSR count). The Bertz CT molecular complexity index is 1080. The predicted molar refractivity (Wildman–Crippen MR) is 123 cm³/mol. The molecule has 2 heterocycles. The van der Waals surface area contributed by atoms with Gasteiger partial charge < -0.3 is 20.1 Å². The Morgan fingerprint density at radius 3 is 2.77 bits per heavy atom. The number of aromatic amines is 1. The van der Waals surface area contributed by atoms with Gasteiger partial charge in [-0.25, -0.2) is 9.37 Å². The number of hydrogen-bond donors (Lipinski definition) is 2. The fraction of sp³-hybridized carbons (Fsp3) is 0.391. The van der Waals surface area contributed by atoms with E-state index < -0.39 is 0 Å². The van der Waals surface area contributed by atoms with Gasteiger partial charge in [-0.15, -0.1) is 0 Å². The molecule has 1 fully saturated rings. The molecule has 164 valence electrons. The van der Waals surface area contributed by atoms with E-state index in [1.54, 1.807) is 6.07 Å². The fourth-order valence-electron chi connectivity index (χ4n) is 3.95. The SMILES string of the molecule is CN(C)CCNC(=O)C1CCN(c2ccc(Cl)c(-c3nc4ccc(F)cc4[nH]3)c2)CC1. The number of hydrogen-bond acceptors (Lipinski definition) is 4. The van der Waals surface area contributed by atoms with Gasteiger partial charge in [0, 0.05) is 43.3 Å². The Morgan fingerprint density at radius 2 is 2.03 bits per heavy atom. The molecule has 0 saturated carbocycles. The van der Waals surface area contributed by atoms with Gasteiger partial charge in [0.2, 0.25) is 5.91 Å². The molecule has 1 aromatic heterocycles. The molecule has 31 heavy (non-hydrogen) atoms. The van der Waals surface area contributed by atoms with Crippen LogP contribution in [0.5, 0.6) is 0 Å². The van der Waals surface area contributed by atoms with Crippen LogP contribution < -0.4 is 10.2 Å². The Hall–Kier alpha value is -2.64. The number of piperidine rings is 1. The third-order valence-electron chi connectivity index (χ3n) is 5.74. The Balaban J connectivity index is 1.44. The third-order valence-corrected chi connectivity index (χ3v) is 6.07. The van der Waals surface area contributed by atoms with Gasteiger partial charge in [0.1, 0.15) is 11.6 Å². The minimum absolute atomic E-state index is 0.0513. The summed E-state index contributed by atoms with van der Waals surface area (Å²) in [5.41, 5.74) is 3.15. The second-order valence-corrected chi connectivity index (χ2v) is 8.67. The van der Waals surface area contributed by atoms with E-state index in [4.69, 9.17) is 11.6 Å². The van der Waals surface area contributed by atoms with Crippen molar-refractivity contribution in [3.05, 3.63) is 47.2 Å². The van der Waals surface area contributed by atoms with Crippen molar-refractivity contribution >= 4 is 34.2 Å². The van der Waals surface area contributed by atoms with Gasteiger partial charge in [-0.2, -0.15) is 0 Å². The summed E-state index contributed by atoms with van der Waals surface area (Å²) in [6.07, 6.45) is 1.63. The lowest BCUT2D eigenvalue weighted by Crippen LogP contribution is -2.42. The van der Waals surface area contributed by atoms with Crippen LogP contribution >= 0.6 is 11.6 Å². The summed E-state index contributed by atoms with van der Waals surface area (Å²) in [5, 5.41) is 3.62. The summed E-state index contributed by atoms with van der Waals surface area (Å²) in [6.45, 7) is 3.12. The van der Waals surface area contributed by atoms with Gasteiger partial charge >= 0.3 is 0 Å². The average Bonchev–Trinajstić information content (AvgIpc) is 3.17. The zero-order chi connectivity index (χ0) is 22.0. The number of nitrogens with one attached hydrogen (secondary N) is 2. The molecule has 6 nitrogen and oxygen atoms in total. The Labute approximate surface area is 186 Å². The van der Waals surface area contributed by atoms with Crippen LogP contribution in [0.15, 0.2) is 36.4 Å². The fourth-order valence-corrected chi connectivity index (χ4v) is 4.15. The number of nitrogens with zero attached hydrogens (tertiary/aromatic N) is 3. The van der Waals surface area contributed by atoms with Crippen LogP contribution in [0, 0.1) is 11.7 Å². The lowest BCUT2D eigenvalue weighted by atomic mass is 9.95. The average molecular weight is 444 g/mol. The summed E-state index contributed by atoms with van der Waals surface area (Å²) in [5.74, 6) is 0.502. The van der Waals surface area contributed by atoms with Crippen LogP contribution in [0.25, 0.3) is 22.4 Å². The first-order chi connectivity index (χ1) is 14.9. The molecule has 0 radical (unpaired) electrons. The highest BCUT2D eigenvalue weighted by Crippen LogP contribution is 2.33. The zero-order valence-electron chi connectivity index (χ0n) is 17.8. The maximum absolute atomic E-state index is 13.5. The van der Waals surface area contributed by atoms with E-state index in [0.29, 0.717) is 28.4 Å². The predicted octanol–water partition coefficient (Wildman–Crippen LogP) is 3.92. The number of imidazole rings is 1. The number of benzene rings is 2. The molecule has 1 amide bonds. The standard InChI is InChI=1S/C23H27ClFN5O/c1-29(2)12-9-26-23(31)15-7-10-30(11-8-15)17-4-5-19(24)18(14-17)22-27-20-6-3-16(25)13-21(20)28-22/h3-6,13-15H,7-12H2,1-2H3,(H,26,31)(H,27,28). The largest absolute Gasteiger partial charge is 0.371 e. The molecule has 8 heteroatoms. The molecular weight excluding hydrogens is 417 g/mol. The normalized spacial score (nSPS) is 15.1. The molecule has 0 spiro atoms. The van der Waals surface area contributed by atoms with Crippen molar-refractivity contribution in [3.63, 3.8) is 0 Å². The van der Waals surface area contributed by atoms with Crippen molar-refractivity contribution in [1.29, 1.82) is 0 Å².